The topological polar surface area (TPSA) is 55.8 Å². The summed E-state index contributed by atoms with van der Waals surface area (Å²) in [5.41, 5.74) is -0.339. The van der Waals surface area contributed by atoms with Gasteiger partial charge in [0, 0.05) is 17.6 Å². The van der Waals surface area contributed by atoms with Crippen LogP contribution in [0.2, 0.25) is 0 Å². The Bertz CT molecular complexity index is 345. The molecule has 88 valence electrons. The first-order valence-corrected chi connectivity index (χ1v) is 6.51. The van der Waals surface area contributed by atoms with Crippen LogP contribution in [0.25, 0.3) is 0 Å². The molecule has 2 fully saturated rings. The van der Waals surface area contributed by atoms with E-state index in [4.69, 9.17) is 0 Å². The molecular weight excluding hydrogens is 226 g/mol. The zero-order chi connectivity index (χ0) is 11.2. The van der Waals surface area contributed by atoms with E-state index in [2.05, 4.69) is 4.83 Å². The van der Waals surface area contributed by atoms with E-state index in [1.807, 2.05) is 16.6 Å². The van der Waals surface area contributed by atoms with E-state index >= 15 is 0 Å². The molecule has 2 bridgehead atoms. The van der Waals surface area contributed by atoms with Crippen LogP contribution in [-0.2, 0) is 0 Å². The number of piperidine rings is 1. The van der Waals surface area contributed by atoms with Gasteiger partial charge >= 0.3 is 6.09 Å². The summed E-state index contributed by atoms with van der Waals surface area (Å²) in [6.45, 7) is 0. The van der Waals surface area contributed by atoms with Gasteiger partial charge in [-0.1, -0.05) is 0 Å². The molecule has 3 aliphatic rings. The third kappa shape index (κ3) is 1.26. The van der Waals surface area contributed by atoms with Crippen LogP contribution in [0.1, 0.15) is 32.1 Å². The molecule has 2 unspecified atom stereocenters. The Morgan fingerprint density at radius 2 is 2.38 bits per heavy atom. The number of amides is 1. The van der Waals surface area contributed by atoms with Gasteiger partial charge in [0.15, 0.2) is 0 Å². The van der Waals surface area contributed by atoms with Crippen molar-refractivity contribution in [1.29, 1.82) is 0 Å². The van der Waals surface area contributed by atoms with Crippen LogP contribution >= 0.6 is 11.9 Å². The molecule has 0 aliphatic carbocycles. The van der Waals surface area contributed by atoms with Gasteiger partial charge in [-0.25, -0.2) is 4.79 Å². The molecule has 6 heteroatoms. The number of hydrogen-bond donors (Lipinski definition) is 2. The van der Waals surface area contributed by atoms with Crippen LogP contribution < -0.4 is 4.83 Å². The zero-order valence-corrected chi connectivity index (χ0v) is 9.74. The average Bonchev–Trinajstić information content (AvgIpc) is 2.85. The predicted molar refractivity (Wildman–Crippen MR) is 61.2 cm³/mol. The average molecular weight is 241 g/mol. The molecule has 2 N–H and O–H groups in total. The second-order valence-electron chi connectivity index (χ2n) is 4.58. The van der Waals surface area contributed by atoms with Crippen molar-refractivity contribution in [2.45, 2.75) is 43.8 Å². The van der Waals surface area contributed by atoms with Gasteiger partial charge in [-0.3, -0.25) is 9.91 Å². The molecule has 0 aromatic carbocycles. The van der Waals surface area contributed by atoms with E-state index in [1.165, 1.54) is 11.9 Å². The maximum absolute atomic E-state index is 11.4. The molecule has 5 nitrogen and oxygen atoms in total. The van der Waals surface area contributed by atoms with Crippen molar-refractivity contribution in [3.05, 3.63) is 11.6 Å². The fourth-order valence-corrected chi connectivity index (χ4v) is 3.84. The van der Waals surface area contributed by atoms with E-state index in [9.17, 15) is 9.90 Å². The first-order valence-electron chi connectivity index (χ1n) is 5.64. The molecule has 2 saturated heterocycles. The Morgan fingerprint density at radius 3 is 3.06 bits per heavy atom. The van der Waals surface area contributed by atoms with Gasteiger partial charge in [0.05, 0.1) is 0 Å². The summed E-state index contributed by atoms with van der Waals surface area (Å²) in [5, 5.41) is 13.3. The molecule has 0 saturated carbocycles. The predicted octanol–water partition coefficient (Wildman–Crippen LogP) is 1.95. The minimum atomic E-state index is -0.783. The maximum Gasteiger partial charge on any atom is 0.409 e. The molecule has 0 radical (unpaired) electrons. The molecule has 16 heavy (non-hydrogen) atoms. The summed E-state index contributed by atoms with van der Waals surface area (Å²) < 4.78 is 0. The number of nitrogens with one attached hydrogen (secondary N) is 1. The summed E-state index contributed by atoms with van der Waals surface area (Å²) in [5.74, 6) is 0. The summed E-state index contributed by atoms with van der Waals surface area (Å²) >= 11 is 1.50. The third-order valence-corrected chi connectivity index (χ3v) is 4.45. The van der Waals surface area contributed by atoms with E-state index in [0.717, 1.165) is 32.1 Å². The molecule has 3 aliphatic heterocycles. The number of rotatable bonds is 1. The molecule has 1 amide bonds. The maximum atomic E-state index is 11.4. The van der Waals surface area contributed by atoms with Crippen LogP contribution in [0.3, 0.4) is 0 Å². The summed E-state index contributed by atoms with van der Waals surface area (Å²) in [6, 6.07) is 0.215. The fourth-order valence-electron chi connectivity index (χ4n) is 3.25. The standard InChI is InChI=1S/C10H15N3O2S/c14-9(15)13-8-2-1-4-10(13,5-3-8)12-6-7-16-11-12/h6-8,11H,1-5H2,(H,14,15). The Hall–Kier alpha value is -0.880. The van der Waals surface area contributed by atoms with Crippen LogP contribution in [0.4, 0.5) is 4.79 Å². The van der Waals surface area contributed by atoms with Crippen molar-refractivity contribution >= 4 is 18.0 Å². The third-order valence-electron chi connectivity index (χ3n) is 3.89. The lowest BCUT2D eigenvalue weighted by atomic mass is 9.97. The monoisotopic (exact) mass is 241 g/mol. The quantitative estimate of drug-likeness (QED) is 0.687. The van der Waals surface area contributed by atoms with Crippen LogP contribution in [-0.4, -0.2) is 32.8 Å². The largest absolute Gasteiger partial charge is 0.465 e. The number of fused-ring (bicyclic) bond motifs is 2. The number of hydrogen-bond acceptors (Lipinski definition) is 4. The highest BCUT2D eigenvalue weighted by molar-refractivity contribution is 8.00. The zero-order valence-electron chi connectivity index (χ0n) is 8.93. The van der Waals surface area contributed by atoms with Crippen molar-refractivity contribution < 1.29 is 9.90 Å². The summed E-state index contributed by atoms with van der Waals surface area (Å²) in [4.78, 5) is 16.2. The van der Waals surface area contributed by atoms with Crippen LogP contribution in [0.15, 0.2) is 11.6 Å². The highest BCUT2D eigenvalue weighted by Gasteiger charge is 2.54. The highest BCUT2D eigenvalue weighted by Crippen LogP contribution is 2.46. The second kappa shape index (κ2) is 3.56. The lowest BCUT2D eigenvalue weighted by Crippen LogP contribution is -2.62. The van der Waals surface area contributed by atoms with Gasteiger partial charge in [-0.2, -0.15) is 4.83 Å². The number of carboxylic acid groups (broad SMARTS) is 1. The number of carbonyl (C=O) groups is 1. The van der Waals surface area contributed by atoms with Gasteiger partial charge in [0.1, 0.15) is 5.66 Å². The lowest BCUT2D eigenvalue weighted by molar-refractivity contribution is -0.0411. The lowest BCUT2D eigenvalue weighted by Gasteiger charge is -2.47. The fraction of sp³-hybridized carbons (Fsp3) is 0.700. The molecule has 0 aromatic rings. The van der Waals surface area contributed by atoms with Crippen LogP contribution in [0, 0.1) is 0 Å². The molecular formula is C10H15N3O2S. The first-order chi connectivity index (χ1) is 7.74. The Labute approximate surface area is 98.6 Å². The van der Waals surface area contributed by atoms with E-state index in [0.29, 0.717) is 0 Å². The van der Waals surface area contributed by atoms with Crippen molar-refractivity contribution in [2.24, 2.45) is 0 Å². The first kappa shape index (κ1) is 10.3. The van der Waals surface area contributed by atoms with E-state index in [-0.39, 0.29) is 11.7 Å². The molecule has 3 rings (SSSR count). The second-order valence-corrected chi connectivity index (χ2v) is 5.27. The summed E-state index contributed by atoms with van der Waals surface area (Å²) in [7, 11) is 0. The SMILES string of the molecule is O=C(O)N1C2CCCC1(N1C=CSN1)CC2. The van der Waals surface area contributed by atoms with E-state index in [1.54, 1.807) is 4.90 Å². The van der Waals surface area contributed by atoms with Crippen LogP contribution in [0.5, 0.6) is 0 Å². The van der Waals surface area contributed by atoms with Crippen molar-refractivity contribution in [2.75, 3.05) is 0 Å². The smallest absolute Gasteiger partial charge is 0.409 e. The minimum Gasteiger partial charge on any atom is -0.465 e. The normalized spacial score (nSPS) is 37.1. The van der Waals surface area contributed by atoms with Gasteiger partial charge in [0.2, 0.25) is 0 Å². The van der Waals surface area contributed by atoms with Gasteiger partial charge in [0.25, 0.3) is 0 Å². The number of hydrazine groups is 1. The van der Waals surface area contributed by atoms with Gasteiger partial charge < -0.3 is 5.11 Å². The Kier molecular flexibility index (Phi) is 2.29. The Balaban J connectivity index is 1.95. The van der Waals surface area contributed by atoms with Gasteiger partial charge in [-0.15, -0.1) is 0 Å². The molecule has 2 atom stereocenters. The summed E-state index contributed by atoms with van der Waals surface area (Å²) in [6.07, 6.45) is 6.14. The minimum absolute atomic E-state index is 0.215. The Morgan fingerprint density at radius 1 is 1.50 bits per heavy atom. The molecule has 3 heterocycles. The molecule has 0 aromatic heterocycles. The van der Waals surface area contributed by atoms with Crippen molar-refractivity contribution in [3.63, 3.8) is 0 Å². The van der Waals surface area contributed by atoms with Gasteiger partial charge in [-0.05, 0) is 44.1 Å². The number of nitrogens with zero attached hydrogens (tertiary/aromatic N) is 2. The van der Waals surface area contributed by atoms with Crippen molar-refractivity contribution in [3.8, 4) is 0 Å². The van der Waals surface area contributed by atoms with E-state index < -0.39 is 6.09 Å². The molecule has 0 spiro atoms. The van der Waals surface area contributed by atoms with Crippen molar-refractivity contribution in [1.82, 2.24) is 14.7 Å². The highest BCUT2D eigenvalue weighted by atomic mass is 32.2.